The van der Waals surface area contributed by atoms with E-state index in [1.165, 1.54) is 14.2 Å². The van der Waals surface area contributed by atoms with Gasteiger partial charge in [-0.2, -0.15) is 0 Å². The molecule has 1 N–H and O–H groups in total. The molecule has 2 atom stereocenters. The van der Waals surface area contributed by atoms with Gasteiger partial charge in [0.15, 0.2) is 6.29 Å². The van der Waals surface area contributed by atoms with Gasteiger partial charge in [0.2, 0.25) is 0 Å². The summed E-state index contributed by atoms with van der Waals surface area (Å²) in [5.74, 6) is 0. The molecule has 0 aliphatic carbocycles. The Morgan fingerprint density at radius 3 is 2.50 bits per heavy atom. The third-order valence-corrected chi connectivity index (χ3v) is 1.12. The average molecular weight is 148 g/mol. The van der Waals surface area contributed by atoms with E-state index in [1.807, 2.05) is 0 Å². The van der Waals surface area contributed by atoms with E-state index in [2.05, 4.69) is 9.47 Å². The van der Waals surface area contributed by atoms with Crippen molar-refractivity contribution in [2.75, 3.05) is 20.8 Å². The van der Waals surface area contributed by atoms with Gasteiger partial charge in [-0.25, -0.2) is 0 Å². The van der Waals surface area contributed by atoms with Crippen molar-refractivity contribution in [2.24, 2.45) is 0 Å². The van der Waals surface area contributed by atoms with Crippen LogP contribution in [0.1, 0.15) is 0 Å². The summed E-state index contributed by atoms with van der Waals surface area (Å²) in [7, 11) is 2.80. The van der Waals surface area contributed by atoms with E-state index in [0.29, 0.717) is 6.29 Å². The minimum atomic E-state index is -0.868. The van der Waals surface area contributed by atoms with E-state index in [-0.39, 0.29) is 6.61 Å². The van der Waals surface area contributed by atoms with Gasteiger partial charge in [-0.1, -0.05) is 0 Å². The van der Waals surface area contributed by atoms with Gasteiger partial charge in [0.1, 0.15) is 12.2 Å². The van der Waals surface area contributed by atoms with Crippen molar-refractivity contribution in [1.82, 2.24) is 0 Å². The summed E-state index contributed by atoms with van der Waals surface area (Å²) < 4.78 is 9.22. The topological polar surface area (TPSA) is 55.8 Å². The third kappa shape index (κ3) is 2.91. The van der Waals surface area contributed by atoms with Crippen LogP contribution >= 0.6 is 0 Å². The first-order valence-electron chi connectivity index (χ1n) is 2.91. The van der Waals surface area contributed by atoms with Crippen LogP contribution < -0.4 is 0 Å². The molecular formula is C6H12O4. The fraction of sp³-hybridized carbons (Fsp3) is 0.833. The Morgan fingerprint density at radius 1 is 1.60 bits per heavy atom. The number of carbonyl (C=O) groups excluding carboxylic acids is 1. The van der Waals surface area contributed by atoms with Crippen molar-refractivity contribution in [1.29, 1.82) is 0 Å². The largest absolute Gasteiger partial charge is 0.388 e. The number of methoxy groups -OCH3 is 2. The number of hydrogen-bond acceptors (Lipinski definition) is 4. The Bertz CT molecular complexity index is 93.7. The molecule has 0 aliphatic heterocycles. The lowest BCUT2D eigenvalue weighted by Crippen LogP contribution is -2.32. The Kier molecular flexibility index (Phi) is 5.10. The first kappa shape index (κ1) is 9.55. The summed E-state index contributed by atoms with van der Waals surface area (Å²) in [5, 5.41) is 9.03. The Labute approximate surface area is 59.7 Å². The summed E-state index contributed by atoms with van der Waals surface area (Å²) in [5.41, 5.74) is 0. The molecule has 0 aliphatic rings. The maximum atomic E-state index is 10.1. The molecule has 60 valence electrons. The molecule has 0 saturated heterocycles. The average Bonchev–Trinajstić information content (AvgIpc) is 1.91. The zero-order valence-corrected chi connectivity index (χ0v) is 6.11. The van der Waals surface area contributed by atoms with E-state index in [1.54, 1.807) is 0 Å². The van der Waals surface area contributed by atoms with E-state index >= 15 is 0 Å². The van der Waals surface area contributed by atoms with E-state index in [9.17, 15) is 4.79 Å². The van der Waals surface area contributed by atoms with E-state index < -0.39 is 12.2 Å². The molecule has 0 spiro atoms. The summed E-state index contributed by atoms with van der Waals surface area (Å²) in [6.45, 7) is 0.108. The second-order valence-electron chi connectivity index (χ2n) is 1.86. The lowest BCUT2D eigenvalue weighted by atomic mass is 10.2. The summed E-state index contributed by atoms with van der Waals surface area (Å²) >= 11 is 0. The van der Waals surface area contributed by atoms with Crippen LogP contribution in [0.2, 0.25) is 0 Å². The van der Waals surface area contributed by atoms with Crippen LogP contribution in [0, 0.1) is 0 Å². The zero-order valence-electron chi connectivity index (χ0n) is 6.11. The number of rotatable bonds is 5. The van der Waals surface area contributed by atoms with Crippen LogP contribution in [0.25, 0.3) is 0 Å². The van der Waals surface area contributed by atoms with Gasteiger partial charge in [-0.05, 0) is 0 Å². The van der Waals surface area contributed by atoms with Gasteiger partial charge >= 0.3 is 0 Å². The lowest BCUT2D eigenvalue weighted by Gasteiger charge is -2.14. The van der Waals surface area contributed by atoms with Crippen molar-refractivity contribution >= 4 is 6.29 Å². The minimum absolute atomic E-state index is 0.108. The molecule has 0 aromatic heterocycles. The highest BCUT2D eigenvalue weighted by atomic mass is 16.5. The minimum Gasteiger partial charge on any atom is -0.388 e. The third-order valence-electron chi connectivity index (χ3n) is 1.12. The normalized spacial score (nSPS) is 16.3. The molecular weight excluding hydrogens is 136 g/mol. The van der Waals surface area contributed by atoms with Crippen LogP contribution in [0.5, 0.6) is 0 Å². The van der Waals surface area contributed by atoms with Crippen LogP contribution in [0.4, 0.5) is 0 Å². The monoisotopic (exact) mass is 148 g/mol. The standard InChI is InChI=1S/C6H12O4/c1-9-4-5(8)6(3-7)10-2/h3,5-6,8H,4H2,1-2H3/t5-,6+/m1/s1. The van der Waals surface area contributed by atoms with E-state index in [4.69, 9.17) is 5.11 Å². The molecule has 4 nitrogen and oxygen atoms in total. The maximum Gasteiger partial charge on any atom is 0.151 e. The smallest absolute Gasteiger partial charge is 0.151 e. The molecule has 0 unspecified atom stereocenters. The van der Waals surface area contributed by atoms with Crippen LogP contribution in [0.15, 0.2) is 0 Å². The van der Waals surface area contributed by atoms with Crippen LogP contribution in [0.3, 0.4) is 0 Å². The summed E-state index contributed by atoms with van der Waals surface area (Å²) in [6.07, 6.45) is -1.10. The van der Waals surface area contributed by atoms with Crippen molar-refractivity contribution in [3.05, 3.63) is 0 Å². The zero-order chi connectivity index (χ0) is 7.98. The molecule has 0 saturated carbocycles. The first-order valence-corrected chi connectivity index (χ1v) is 2.91. The molecule has 0 bridgehead atoms. The fourth-order valence-electron chi connectivity index (χ4n) is 0.569. The van der Waals surface area contributed by atoms with Gasteiger partial charge in [0, 0.05) is 14.2 Å². The molecule has 4 heteroatoms. The lowest BCUT2D eigenvalue weighted by molar-refractivity contribution is -0.125. The van der Waals surface area contributed by atoms with Gasteiger partial charge in [-0.15, -0.1) is 0 Å². The number of aliphatic hydroxyl groups is 1. The van der Waals surface area contributed by atoms with Crippen molar-refractivity contribution in [3.8, 4) is 0 Å². The highest BCUT2D eigenvalue weighted by Gasteiger charge is 2.16. The molecule has 0 fully saturated rings. The second-order valence-corrected chi connectivity index (χ2v) is 1.86. The van der Waals surface area contributed by atoms with Crippen LogP contribution in [-0.4, -0.2) is 44.4 Å². The van der Waals surface area contributed by atoms with Crippen molar-refractivity contribution < 1.29 is 19.4 Å². The fourth-order valence-corrected chi connectivity index (χ4v) is 0.569. The number of carbonyl (C=O) groups is 1. The summed E-state index contributed by atoms with van der Waals surface area (Å²) in [6, 6.07) is 0. The van der Waals surface area contributed by atoms with E-state index in [0.717, 1.165) is 0 Å². The Balaban J connectivity index is 3.63. The number of aliphatic hydroxyl groups excluding tert-OH is 1. The molecule has 0 amide bonds. The molecule has 0 heterocycles. The van der Waals surface area contributed by atoms with Gasteiger partial charge < -0.3 is 19.4 Å². The van der Waals surface area contributed by atoms with Crippen molar-refractivity contribution in [3.63, 3.8) is 0 Å². The van der Waals surface area contributed by atoms with Gasteiger partial charge in [0.25, 0.3) is 0 Å². The molecule has 0 aromatic carbocycles. The van der Waals surface area contributed by atoms with Crippen LogP contribution in [-0.2, 0) is 14.3 Å². The predicted molar refractivity (Wildman–Crippen MR) is 34.7 cm³/mol. The molecule has 0 aromatic rings. The van der Waals surface area contributed by atoms with Crippen molar-refractivity contribution in [2.45, 2.75) is 12.2 Å². The molecule has 0 radical (unpaired) electrons. The van der Waals surface area contributed by atoms with Gasteiger partial charge in [0.05, 0.1) is 6.61 Å². The molecule has 10 heavy (non-hydrogen) atoms. The first-order chi connectivity index (χ1) is 4.76. The predicted octanol–water partition coefficient (Wildman–Crippen LogP) is -0.792. The highest BCUT2D eigenvalue weighted by molar-refractivity contribution is 5.56. The Hall–Kier alpha value is -0.450. The SMILES string of the molecule is COC[C@@H](O)[C@H](C=O)OC. The van der Waals surface area contributed by atoms with Gasteiger partial charge in [-0.3, -0.25) is 0 Å². The molecule has 0 rings (SSSR count). The highest BCUT2D eigenvalue weighted by Crippen LogP contribution is 1.94. The number of ether oxygens (including phenoxy) is 2. The summed E-state index contributed by atoms with van der Waals surface area (Å²) in [4.78, 5) is 10.1. The second kappa shape index (κ2) is 5.34. The number of hydrogen-bond donors (Lipinski definition) is 1. The maximum absolute atomic E-state index is 10.1. The number of aldehydes is 1. The quantitative estimate of drug-likeness (QED) is 0.519. The Morgan fingerprint density at radius 2 is 2.20 bits per heavy atom.